The monoisotopic (exact) mass is 347 g/mol. The van der Waals surface area contributed by atoms with E-state index in [1.807, 2.05) is 29.2 Å². The molecule has 0 spiro atoms. The van der Waals surface area contributed by atoms with Crippen LogP contribution in [0.5, 0.6) is 0 Å². The Morgan fingerprint density at radius 2 is 2.25 bits per heavy atom. The van der Waals surface area contributed by atoms with Crippen LogP contribution in [0.1, 0.15) is 15.9 Å². The summed E-state index contributed by atoms with van der Waals surface area (Å²) in [6, 6.07) is 5.68. The number of aryl methyl sites for hydroxylation is 1. The van der Waals surface area contributed by atoms with Crippen LogP contribution in [0.4, 0.5) is 0 Å². The number of fused-ring (bicyclic) bond motifs is 1. The van der Waals surface area contributed by atoms with Gasteiger partial charge in [-0.25, -0.2) is 4.79 Å². The van der Waals surface area contributed by atoms with E-state index in [9.17, 15) is 4.79 Å². The molecule has 0 aliphatic heterocycles. The van der Waals surface area contributed by atoms with Crippen LogP contribution < -0.4 is 0 Å². The molecular formula is C11H10INO2S. The predicted octanol–water partition coefficient (Wildman–Crippen LogP) is 3.58. The van der Waals surface area contributed by atoms with Crippen molar-refractivity contribution >= 4 is 47.2 Å². The van der Waals surface area contributed by atoms with E-state index < -0.39 is 0 Å². The van der Waals surface area contributed by atoms with Crippen LogP contribution in [-0.4, -0.2) is 17.1 Å². The Labute approximate surface area is 110 Å². The lowest BCUT2D eigenvalue weighted by atomic mass is 10.1. The Hall–Kier alpha value is -0.690. The lowest BCUT2D eigenvalue weighted by Gasteiger charge is -2.04. The largest absolute Gasteiger partial charge is 0.465 e. The van der Waals surface area contributed by atoms with Crippen LogP contribution in [0.3, 0.4) is 0 Å². The van der Waals surface area contributed by atoms with Crippen LogP contribution in [0.25, 0.3) is 10.9 Å². The molecule has 0 atom stereocenters. The average molecular weight is 347 g/mol. The molecule has 0 aliphatic rings. The number of halogens is 1. The molecule has 1 aromatic heterocycles. The van der Waals surface area contributed by atoms with Gasteiger partial charge in [-0.05, 0) is 18.6 Å². The van der Waals surface area contributed by atoms with E-state index in [4.69, 9.17) is 4.74 Å². The lowest BCUT2D eigenvalue weighted by molar-refractivity contribution is 0.0602. The fourth-order valence-corrected chi connectivity index (χ4v) is 3.13. The second kappa shape index (κ2) is 4.67. The molecule has 0 N–H and O–H groups in total. The molecule has 0 fully saturated rings. The first-order valence-corrected chi connectivity index (χ1v) is 7.98. The fourth-order valence-electron chi connectivity index (χ4n) is 1.74. The first kappa shape index (κ1) is 11.8. The summed E-state index contributed by atoms with van der Waals surface area (Å²) in [5, 5.41) is 1.09. The van der Waals surface area contributed by atoms with Gasteiger partial charge in [0.25, 0.3) is 0 Å². The molecule has 0 saturated heterocycles. The summed E-state index contributed by atoms with van der Waals surface area (Å²) in [6.45, 7) is 2.03. The molecule has 0 amide bonds. The molecule has 0 unspecified atom stereocenters. The van der Waals surface area contributed by atoms with E-state index >= 15 is 0 Å². The van der Waals surface area contributed by atoms with Crippen LogP contribution in [0.2, 0.25) is 0 Å². The molecule has 2 aromatic rings. The van der Waals surface area contributed by atoms with E-state index in [2.05, 4.69) is 21.2 Å². The zero-order valence-electron chi connectivity index (χ0n) is 8.86. The molecule has 84 valence electrons. The van der Waals surface area contributed by atoms with Gasteiger partial charge in [0.05, 0.1) is 18.2 Å². The molecule has 0 aliphatic carbocycles. The number of hydrogen-bond donors (Lipinski definition) is 0. The number of nitrogens with zero attached hydrogens (tertiary/aromatic N) is 1. The standard InChI is InChI=1S/C11H10INO2S/c1-7-6-13(16-12)10-8(7)4-3-5-9(10)11(14)15-2/h3-6H,1-2H3. The molecule has 3 nitrogen and oxygen atoms in total. The van der Waals surface area contributed by atoms with E-state index in [-0.39, 0.29) is 5.97 Å². The van der Waals surface area contributed by atoms with Crippen molar-refractivity contribution in [3.05, 3.63) is 35.5 Å². The van der Waals surface area contributed by atoms with E-state index in [1.165, 1.54) is 7.11 Å². The van der Waals surface area contributed by atoms with E-state index in [1.54, 1.807) is 15.2 Å². The number of ether oxygens (including phenoxy) is 1. The highest BCUT2D eigenvalue weighted by Gasteiger charge is 2.15. The van der Waals surface area contributed by atoms with E-state index in [0.29, 0.717) is 5.56 Å². The van der Waals surface area contributed by atoms with Crippen LogP contribution in [0.15, 0.2) is 24.4 Å². The molecule has 1 heterocycles. The Bertz CT molecular complexity index is 550. The molecule has 2 rings (SSSR count). The Balaban J connectivity index is 2.79. The highest BCUT2D eigenvalue weighted by molar-refractivity contribution is 14.2. The third-order valence-corrected chi connectivity index (χ3v) is 4.18. The van der Waals surface area contributed by atoms with Gasteiger partial charge in [-0.3, -0.25) is 3.97 Å². The summed E-state index contributed by atoms with van der Waals surface area (Å²) in [7, 11) is 2.94. The van der Waals surface area contributed by atoms with Gasteiger partial charge in [0.2, 0.25) is 0 Å². The maximum absolute atomic E-state index is 11.7. The SMILES string of the molecule is COC(=O)c1cccc2c(C)cn(SI)c12. The van der Waals surface area contributed by atoms with Gasteiger partial charge in [0.15, 0.2) is 0 Å². The number of methoxy groups -OCH3 is 1. The average Bonchev–Trinajstić information content (AvgIpc) is 2.65. The van der Waals surface area contributed by atoms with Gasteiger partial charge in [0, 0.05) is 41.9 Å². The van der Waals surface area contributed by atoms with E-state index in [0.717, 1.165) is 16.5 Å². The van der Waals surface area contributed by atoms with Crippen LogP contribution >= 0.6 is 30.3 Å². The third-order valence-electron chi connectivity index (χ3n) is 2.47. The maximum atomic E-state index is 11.7. The molecule has 0 bridgehead atoms. The Kier molecular flexibility index (Phi) is 3.44. The van der Waals surface area contributed by atoms with Gasteiger partial charge < -0.3 is 4.74 Å². The molecule has 0 radical (unpaired) electrons. The van der Waals surface area contributed by atoms with Crippen molar-refractivity contribution in [2.24, 2.45) is 0 Å². The molecule has 5 heteroatoms. The Morgan fingerprint density at radius 3 is 2.88 bits per heavy atom. The number of benzene rings is 1. The number of aromatic nitrogens is 1. The first-order valence-electron chi connectivity index (χ1n) is 4.67. The summed E-state index contributed by atoms with van der Waals surface area (Å²) in [5.41, 5.74) is 2.69. The molecular weight excluding hydrogens is 337 g/mol. The fraction of sp³-hybridized carbons (Fsp3) is 0.182. The second-order valence-electron chi connectivity index (χ2n) is 3.40. The maximum Gasteiger partial charge on any atom is 0.340 e. The number of rotatable bonds is 2. The smallest absolute Gasteiger partial charge is 0.340 e. The molecule has 1 aromatic carbocycles. The number of hydrogen-bond acceptors (Lipinski definition) is 3. The van der Waals surface area contributed by atoms with Crippen molar-refractivity contribution in [3.8, 4) is 0 Å². The van der Waals surface area contributed by atoms with Gasteiger partial charge in [-0.1, -0.05) is 12.1 Å². The highest BCUT2D eigenvalue weighted by atomic mass is 127. The van der Waals surface area contributed by atoms with Crippen molar-refractivity contribution in [1.82, 2.24) is 3.97 Å². The number of para-hydroxylation sites is 1. The zero-order chi connectivity index (χ0) is 11.7. The molecule has 0 saturated carbocycles. The van der Waals surface area contributed by atoms with Gasteiger partial charge in [0.1, 0.15) is 0 Å². The topological polar surface area (TPSA) is 31.2 Å². The van der Waals surface area contributed by atoms with Crippen molar-refractivity contribution in [2.75, 3.05) is 7.11 Å². The van der Waals surface area contributed by atoms with Crippen molar-refractivity contribution in [1.29, 1.82) is 0 Å². The minimum atomic E-state index is -0.296. The zero-order valence-corrected chi connectivity index (χ0v) is 11.8. The predicted molar refractivity (Wildman–Crippen MR) is 75.0 cm³/mol. The number of carbonyl (C=O) groups excluding carboxylic acids is 1. The van der Waals surface area contributed by atoms with Crippen molar-refractivity contribution in [2.45, 2.75) is 6.92 Å². The second-order valence-corrected chi connectivity index (χ2v) is 5.11. The lowest BCUT2D eigenvalue weighted by Crippen LogP contribution is -2.03. The van der Waals surface area contributed by atoms with Gasteiger partial charge in [-0.2, -0.15) is 0 Å². The minimum Gasteiger partial charge on any atom is -0.465 e. The third kappa shape index (κ3) is 1.82. The normalized spacial score (nSPS) is 10.7. The van der Waals surface area contributed by atoms with Crippen LogP contribution in [0, 0.1) is 6.92 Å². The summed E-state index contributed by atoms with van der Waals surface area (Å²) in [6.07, 6.45) is 2.02. The highest BCUT2D eigenvalue weighted by Crippen LogP contribution is 2.30. The summed E-state index contributed by atoms with van der Waals surface area (Å²) < 4.78 is 6.77. The Morgan fingerprint density at radius 1 is 1.50 bits per heavy atom. The minimum absolute atomic E-state index is 0.296. The van der Waals surface area contributed by atoms with Crippen LogP contribution in [-0.2, 0) is 4.74 Å². The van der Waals surface area contributed by atoms with Gasteiger partial charge >= 0.3 is 5.97 Å². The van der Waals surface area contributed by atoms with Crippen molar-refractivity contribution < 1.29 is 9.53 Å². The number of carbonyl (C=O) groups is 1. The summed E-state index contributed by atoms with van der Waals surface area (Å²) in [5.74, 6) is -0.296. The molecule has 16 heavy (non-hydrogen) atoms. The summed E-state index contributed by atoms with van der Waals surface area (Å²) >= 11 is 2.19. The number of esters is 1. The first-order chi connectivity index (χ1) is 7.69. The summed E-state index contributed by atoms with van der Waals surface area (Å²) in [4.78, 5) is 11.7. The quantitative estimate of drug-likeness (QED) is 0.615. The van der Waals surface area contributed by atoms with Gasteiger partial charge in [-0.15, -0.1) is 0 Å². The van der Waals surface area contributed by atoms with Crippen molar-refractivity contribution in [3.63, 3.8) is 0 Å².